The minimum Gasteiger partial charge on any atom is -0.462 e. The highest BCUT2D eigenvalue weighted by Crippen LogP contribution is 2.34. The monoisotopic (exact) mass is 522 g/mol. The summed E-state index contributed by atoms with van der Waals surface area (Å²) in [6, 6.07) is 14.5. The summed E-state index contributed by atoms with van der Waals surface area (Å²) >= 11 is 2.32. The van der Waals surface area contributed by atoms with Crippen LogP contribution in [-0.2, 0) is 11.3 Å². The Morgan fingerprint density at radius 1 is 1.14 bits per heavy atom. The third-order valence-electron chi connectivity index (χ3n) is 5.68. The van der Waals surface area contributed by atoms with Crippen LogP contribution in [0.2, 0.25) is 0 Å². The van der Waals surface area contributed by atoms with Crippen LogP contribution in [0.15, 0.2) is 58.5 Å². The van der Waals surface area contributed by atoms with E-state index in [9.17, 15) is 14.4 Å². The Hall–Kier alpha value is -3.63. The number of nitrogens with zero attached hydrogens (tertiary/aromatic N) is 2. The lowest BCUT2D eigenvalue weighted by atomic mass is 10.2. The molecular formula is C26H22N2O6S2. The molecular weight excluding hydrogens is 500 g/mol. The smallest absolute Gasteiger partial charge is 0.348 e. The van der Waals surface area contributed by atoms with E-state index in [-0.39, 0.29) is 37.0 Å². The number of thioether (sulfide) groups is 1. The van der Waals surface area contributed by atoms with Gasteiger partial charge in [0.1, 0.15) is 9.71 Å². The van der Waals surface area contributed by atoms with Crippen LogP contribution in [-0.4, -0.2) is 40.5 Å². The lowest BCUT2D eigenvalue weighted by Crippen LogP contribution is -2.24. The zero-order valence-corrected chi connectivity index (χ0v) is 21.2. The lowest BCUT2D eigenvalue weighted by molar-refractivity contribution is 0.0531. The first-order chi connectivity index (χ1) is 17.5. The van der Waals surface area contributed by atoms with Gasteiger partial charge in [0, 0.05) is 5.56 Å². The SMILES string of the molecule is CCOC(=O)c1sc2nc(SCC(=O)c3ccccc3)n(Cc3ccc4c(c3)OCO4)c(=O)c2c1C. The molecule has 0 radical (unpaired) electrons. The predicted octanol–water partition coefficient (Wildman–Crippen LogP) is 4.70. The van der Waals surface area contributed by atoms with E-state index in [1.54, 1.807) is 32.0 Å². The molecule has 1 aliphatic rings. The van der Waals surface area contributed by atoms with E-state index in [1.807, 2.05) is 30.3 Å². The Morgan fingerprint density at radius 3 is 2.69 bits per heavy atom. The Morgan fingerprint density at radius 2 is 1.92 bits per heavy atom. The van der Waals surface area contributed by atoms with Crippen LogP contribution in [0.5, 0.6) is 11.5 Å². The van der Waals surface area contributed by atoms with Crippen LogP contribution in [0.3, 0.4) is 0 Å². The Bertz CT molecular complexity index is 1530. The molecule has 184 valence electrons. The van der Waals surface area contributed by atoms with Crippen molar-refractivity contribution in [2.75, 3.05) is 19.2 Å². The first-order valence-electron chi connectivity index (χ1n) is 11.3. The summed E-state index contributed by atoms with van der Waals surface area (Å²) in [7, 11) is 0. The van der Waals surface area contributed by atoms with Gasteiger partial charge in [-0.25, -0.2) is 9.78 Å². The zero-order chi connectivity index (χ0) is 25.2. The number of fused-ring (bicyclic) bond motifs is 2. The minimum atomic E-state index is -0.479. The molecule has 0 bridgehead atoms. The molecule has 0 atom stereocenters. The highest BCUT2D eigenvalue weighted by Gasteiger charge is 2.23. The third-order valence-corrected chi connectivity index (χ3v) is 7.82. The third kappa shape index (κ3) is 4.61. The fraction of sp³-hybridized carbons (Fsp3) is 0.231. The standard InChI is InChI=1S/C26H22N2O6S2/c1-3-32-25(31)22-15(2)21-23(36-22)27-26(35-13-18(29)17-7-5-4-6-8-17)28(24(21)30)12-16-9-10-19-20(11-16)34-14-33-19/h4-11H,3,12-14H2,1-2H3. The number of Topliss-reactive ketones (excluding diaryl/α,β-unsaturated/α-hetero) is 1. The van der Waals surface area contributed by atoms with Crippen LogP contribution in [0.25, 0.3) is 10.2 Å². The van der Waals surface area contributed by atoms with E-state index >= 15 is 0 Å². The van der Waals surface area contributed by atoms with Crippen molar-refractivity contribution in [2.45, 2.75) is 25.5 Å². The number of thiophene rings is 1. The molecule has 0 unspecified atom stereocenters. The number of carbonyl (C=O) groups excluding carboxylic acids is 2. The Labute approximate surface area is 214 Å². The molecule has 0 spiro atoms. The summed E-state index contributed by atoms with van der Waals surface area (Å²) in [4.78, 5) is 44.5. The molecule has 0 amide bonds. The van der Waals surface area contributed by atoms with Crippen LogP contribution in [0.1, 0.15) is 38.1 Å². The molecule has 2 aromatic heterocycles. The van der Waals surface area contributed by atoms with Gasteiger partial charge in [-0.1, -0.05) is 48.2 Å². The van der Waals surface area contributed by atoms with Crippen molar-refractivity contribution in [3.8, 4) is 11.5 Å². The van der Waals surface area contributed by atoms with Crippen molar-refractivity contribution in [2.24, 2.45) is 0 Å². The molecule has 3 heterocycles. The summed E-state index contributed by atoms with van der Waals surface area (Å²) in [6.45, 7) is 4.06. The Balaban J connectivity index is 1.56. The van der Waals surface area contributed by atoms with Crippen molar-refractivity contribution in [1.29, 1.82) is 0 Å². The quantitative estimate of drug-likeness (QED) is 0.142. The molecule has 0 aliphatic carbocycles. The average Bonchev–Trinajstić information content (AvgIpc) is 3.49. The van der Waals surface area contributed by atoms with Gasteiger partial charge in [0.05, 0.1) is 24.3 Å². The fourth-order valence-corrected chi connectivity index (χ4v) is 5.91. The second kappa shape index (κ2) is 10.2. The van der Waals surface area contributed by atoms with Gasteiger partial charge in [0.25, 0.3) is 5.56 Å². The van der Waals surface area contributed by atoms with Gasteiger partial charge in [0.15, 0.2) is 22.4 Å². The molecule has 2 aromatic carbocycles. The van der Waals surface area contributed by atoms with E-state index in [0.29, 0.717) is 42.9 Å². The average molecular weight is 523 g/mol. The molecule has 1 aliphatic heterocycles. The number of esters is 1. The molecule has 36 heavy (non-hydrogen) atoms. The van der Waals surface area contributed by atoms with Gasteiger partial charge in [-0.15, -0.1) is 11.3 Å². The highest BCUT2D eigenvalue weighted by molar-refractivity contribution is 7.99. The van der Waals surface area contributed by atoms with Gasteiger partial charge >= 0.3 is 5.97 Å². The van der Waals surface area contributed by atoms with Crippen molar-refractivity contribution in [3.05, 3.63) is 80.5 Å². The summed E-state index contributed by atoms with van der Waals surface area (Å²) in [5.74, 6) is 0.820. The molecule has 0 saturated heterocycles. The summed E-state index contributed by atoms with van der Waals surface area (Å²) in [5, 5.41) is 0.772. The second-order valence-electron chi connectivity index (χ2n) is 8.01. The van der Waals surface area contributed by atoms with Gasteiger partial charge in [-0.3, -0.25) is 14.2 Å². The van der Waals surface area contributed by atoms with Crippen LogP contribution < -0.4 is 15.0 Å². The Kier molecular flexibility index (Phi) is 6.80. The number of carbonyl (C=O) groups is 2. The van der Waals surface area contributed by atoms with Crippen LogP contribution in [0.4, 0.5) is 0 Å². The molecule has 8 nitrogen and oxygen atoms in total. The van der Waals surface area contributed by atoms with Crippen molar-refractivity contribution >= 4 is 45.1 Å². The number of rotatable bonds is 8. The molecule has 0 N–H and O–H groups in total. The van der Waals surface area contributed by atoms with E-state index in [1.165, 1.54) is 16.3 Å². The number of aromatic nitrogens is 2. The number of ether oxygens (including phenoxy) is 3. The van der Waals surface area contributed by atoms with Gasteiger partial charge in [0.2, 0.25) is 6.79 Å². The number of ketones is 1. The molecule has 0 fully saturated rings. The largest absolute Gasteiger partial charge is 0.462 e. The number of aryl methyl sites for hydroxylation is 1. The first-order valence-corrected chi connectivity index (χ1v) is 13.1. The summed E-state index contributed by atoms with van der Waals surface area (Å²) in [6.07, 6.45) is 0. The van der Waals surface area contributed by atoms with Gasteiger partial charge in [-0.2, -0.15) is 0 Å². The molecule has 10 heteroatoms. The van der Waals surface area contributed by atoms with E-state index in [4.69, 9.17) is 19.2 Å². The highest BCUT2D eigenvalue weighted by atomic mass is 32.2. The number of hydrogen-bond acceptors (Lipinski definition) is 9. The first kappa shape index (κ1) is 24.1. The van der Waals surface area contributed by atoms with Crippen molar-refractivity contribution in [1.82, 2.24) is 9.55 Å². The maximum Gasteiger partial charge on any atom is 0.348 e. The van der Waals surface area contributed by atoms with Gasteiger partial charge in [-0.05, 0) is 37.1 Å². The maximum atomic E-state index is 13.7. The van der Waals surface area contributed by atoms with Crippen LogP contribution >= 0.6 is 23.1 Å². The molecule has 4 aromatic rings. The predicted molar refractivity (Wildman–Crippen MR) is 138 cm³/mol. The fourth-order valence-electron chi connectivity index (χ4n) is 3.90. The van der Waals surface area contributed by atoms with Gasteiger partial charge < -0.3 is 14.2 Å². The zero-order valence-electron chi connectivity index (χ0n) is 19.6. The normalized spacial score (nSPS) is 12.2. The van der Waals surface area contributed by atoms with E-state index in [2.05, 4.69) is 0 Å². The maximum absolute atomic E-state index is 13.7. The van der Waals surface area contributed by atoms with E-state index in [0.717, 1.165) is 16.9 Å². The number of benzene rings is 2. The summed E-state index contributed by atoms with van der Waals surface area (Å²) in [5.41, 5.74) is 1.67. The second-order valence-corrected chi connectivity index (χ2v) is 9.95. The summed E-state index contributed by atoms with van der Waals surface area (Å²) < 4.78 is 17.6. The topological polar surface area (TPSA) is 96.7 Å². The minimum absolute atomic E-state index is 0.0702. The van der Waals surface area contributed by atoms with Crippen molar-refractivity contribution < 1.29 is 23.8 Å². The van der Waals surface area contributed by atoms with Crippen LogP contribution in [0, 0.1) is 6.92 Å². The van der Waals surface area contributed by atoms with Crippen molar-refractivity contribution in [3.63, 3.8) is 0 Å². The number of hydrogen-bond donors (Lipinski definition) is 0. The molecule has 0 saturated carbocycles. The molecule has 5 rings (SSSR count). The van der Waals surface area contributed by atoms with E-state index < -0.39 is 5.97 Å². The lowest BCUT2D eigenvalue weighted by Gasteiger charge is -2.13.